The molecule has 3 aliphatic rings. The van der Waals surface area contributed by atoms with Crippen LogP contribution in [-0.4, -0.2) is 56.8 Å². The summed E-state index contributed by atoms with van der Waals surface area (Å²) in [5.74, 6) is 3.24. The van der Waals surface area contributed by atoms with E-state index < -0.39 is 0 Å². The van der Waals surface area contributed by atoms with Crippen LogP contribution in [0.25, 0.3) is 32.9 Å². The predicted octanol–water partition coefficient (Wildman–Crippen LogP) is 6.55. The van der Waals surface area contributed by atoms with Crippen LogP contribution in [0.15, 0.2) is 108 Å². The predicted molar refractivity (Wildman–Crippen MR) is 190 cm³/mol. The van der Waals surface area contributed by atoms with Gasteiger partial charge in [0.05, 0.1) is 38.4 Å². The second-order valence-electron chi connectivity index (χ2n) is 11.9. The third-order valence-corrected chi connectivity index (χ3v) is 8.79. The van der Waals surface area contributed by atoms with Crippen molar-refractivity contribution in [1.82, 2.24) is 16.0 Å². The van der Waals surface area contributed by atoms with Crippen molar-refractivity contribution in [2.75, 3.05) is 39.3 Å². The van der Waals surface area contributed by atoms with Crippen molar-refractivity contribution in [3.63, 3.8) is 0 Å². The average Bonchev–Trinajstić information content (AvgIpc) is 3.94. The molecule has 3 aliphatic heterocycles. The van der Waals surface area contributed by atoms with Gasteiger partial charge in [-0.2, -0.15) is 0 Å². The van der Waals surface area contributed by atoms with Crippen LogP contribution in [0.4, 0.5) is 0 Å². The zero-order chi connectivity index (χ0) is 32.0. The van der Waals surface area contributed by atoms with Gasteiger partial charge in [-0.05, 0) is 48.7 Å². The highest BCUT2D eigenvalue weighted by Crippen LogP contribution is 2.25. The van der Waals surface area contributed by atoms with E-state index in [1.54, 1.807) is 18.8 Å². The van der Waals surface area contributed by atoms with Crippen molar-refractivity contribution in [2.24, 2.45) is 15.0 Å². The molecule has 0 unspecified atom stereocenters. The van der Waals surface area contributed by atoms with Crippen molar-refractivity contribution < 1.29 is 13.3 Å². The molecular weight excluding hydrogens is 588 g/mol. The molecule has 3 aromatic heterocycles. The minimum absolute atomic E-state index is 0.838. The van der Waals surface area contributed by atoms with Gasteiger partial charge in [-0.25, -0.2) is 0 Å². The maximum Gasteiger partial charge on any atom is 0.137 e. The maximum atomic E-state index is 5.56. The Balaban J connectivity index is 0.000000112. The Bertz CT molecular complexity index is 2100. The minimum Gasteiger partial charge on any atom is -0.464 e. The van der Waals surface area contributed by atoms with E-state index in [4.69, 9.17) is 13.3 Å². The van der Waals surface area contributed by atoms with Crippen LogP contribution in [0.2, 0.25) is 0 Å². The van der Waals surface area contributed by atoms with Gasteiger partial charge >= 0.3 is 0 Å². The fourth-order valence-electron chi connectivity index (χ4n) is 6.24. The molecule has 3 N–H and O–H groups in total. The Labute approximate surface area is 273 Å². The molecule has 47 heavy (non-hydrogen) atoms. The quantitative estimate of drug-likeness (QED) is 0.193. The Morgan fingerprint density at radius 3 is 1.70 bits per heavy atom. The molecular formula is C38H40N6O3. The number of hydrogen-bond donors (Lipinski definition) is 3. The van der Waals surface area contributed by atoms with Crippen LogP contribution in [-0.2, 0) is 19.3 Å². The molecule has 9 nitrogen and oxygen atoms in total. The molecule has 0 saturated carbocycles. The Kier molecular flexibility index (Phi) is 9.03. The molecule has 0 saturated heterocycles. The molecule has 240 valence electrons. The zero-order valence-electron chi connectivity index (χ0n) is 26.9. The van der Waals surface area contributed by atoms with Crippen molar-refractivity contribution in [1.29, 1.82) is 0 Å². The second-order valence-corrected chi connectivity index (χ2v) is 11.9. The van der Waals surface area contributed by atoms with Gasteiger partial charge < -0.3 is 29.2 Å². The lowest BCUT2D eigenvalue weighted by molar-refractivity contribution is 0.612. The number of nitrogens with one attached hydrogen (secondary N) is 3. The number of para-hydroxylation sites is 1. The summed E-state index contributed by atoms with van der Waals surface area (Å²) in [7, 11) is 0. The van der Waals surface area contributed by atoms with E-state index in [0.29, 0.717) is 0 Å². The Morgan fingerprint density at radius 1 is 0.532 bits per heavy atom. The van der Waals surface area contributed by atoms with Crippen molar-refractivity contribution in [3.8, 4) is 0 Å². The van der Waals surface area contributed by atoms with Crippen LogP contribution in [0.1, 0.15) is 27.8 Å². The zero-order valence-corrected chi connectivity index (χ0v) is 26.9. The van der Waals surface area contributed by atoms with Crippen LogP contribution in [0, 0.1) is 13.8 Å². The van der Waals surface area contributed by atoms with E-state index in [-0.39, 0.29) is 0 Å². The van der Waals surface area contributed by atoms with E-state index in [9.17, 15) is 0 Å². The molecule has 0 spiro atoms. The number of aliphatic imine (C=N–C) groups is 3. The number of furan rings is 3. The van der Waals surface area contributed by atoms with E-state index in [1.165, 1.54) is 38.6 Å². The van der Waals surface area contributed by atoms with E-state index in [1.807, 2.05) is 18.2 Å². The summed E-state index contributed by atoms with van der Waals surface area (Å²) in [5.41, 5.74) is 9.19. The van der Waals surface area contributed by atoms with E-state index >= 15 is 0 Å². The van der Waals surface area contributed by atoms with Gasteiger partial charge in [0, 0.05) is 66.2 Å². The molecule has 0 aliphatic carbocycles. The molecule has 6 heterocycles. The van der Waals surface area contributed by atoms with Gasteiger partial charge in [-0.1, -0.05) is 42.5 Å². The summed E-state index contributed by atoms with van der Waals surface area (Å²) in [4.78, 5) is 13.2. The number of benzene rings is 3. The average molecular weight is 629 g/mol. The first-order valence-electron chi connectivity index (χ1n) is 16.3. The van der Waals surface area contributed by atoms with E-state index in [0.717, 1.165) is 98.2 Å². The van der Waals surface area contributed by atoms with Gasteiger partial charge in [0.2, 0.25) is 0 Å². The van der Waals surface area contributed by atoms with Crippen LogP contribution in [0.5, 0.6) is 0 Å². The lowest BCUT2D eigenvalue weighted by Crippen LogP contribution is -2.20. The van der Waals surface area contributed by atoms with Crippen LogP contribution < -0.4 is 16.0 Å². The second kappa shape index (κ2) is 14.0. The van der Waals surface area contributed by atoms with Gasteiger partial charge in [0.25, 0.3) is 0 Å². The molecule has 0 amide bonds. The summed E-state index contributed by atoms with van der Waals surface area (Å²) in [6.07, 6.45) is 7.78. The lowest BCUT2D eigenvalue weighted by Gasteiger charge is -2.07. The summed E-state index contributed by atoms with van der Waals surface area (Å²) in [6, 6.07) is 20.7. The molecule has 0 radical (unpaired) electrons. The van der Waals surface area contributed by atoms with Crippen molar-refractivity contribution in [2.45, 2.75) is 33.1 Å². The topological polar surface area (TPSA) is 113 Å². The van der Waals surface area contributed by atoms with Gasteiger partial charge in [0.15, 0.2) is 0 Å². The first kappa shape index (κ1) is 30.3. The van der Waals surface area contributed by atoms with Crippen molar-refractivity contribution >= 4 is 50.4 Å². The third-order valence-electron chi connectivity index (χ3n) is 8.79. The molecule has 6 aromatic rings. The molecule has 0 bridgehead atoms. The molecule has 9 heteroatoms. The van der Waals surface area contributed by atoms with Gasteiger partial charge in [-0.3, -0.25) is 15.0 Å². The Morgan fingerprint density at radius 2 is 1.06 bits per heavy atom. The number of hydrogen-bond acceptors (Lipinski definition) is 9. The minimum atomic E-state index is 0.838. The molecule has 0 fully saturated rings. The van der Waals surface area contributed by atoms with Gasteiger partial charge in [0.1, 0.15) is 34.3 Å². The smallest absolute Gasteiger partial charge is 0.137 e. The largest absolute Gasteiger partial charge is 0.464 e. The van der Waals surface area contributed by atoms with Crippen molar-refractivity contribution in [3.05, 3.63) is 107 Å². The highest BCUT2D eigenvalue weighted by Gasteiger charge is 2.14. The lowest BCUT2D eigenvalue weighted by atomic mass is 10.0. The number of amidine groups is 3. The summed E-state index contributed by atoms with van der Waals surface area (Å²) in [6.45, 7) is 9.80. The van der Waals surface area contributed by atoms with Gasteiger partial charge in [-0.15, -0.1) is 0 Å². The number of aryl methyl sites for hydroxylation is 2. The fraction of sp³-hybridized carbons (Fsp3) is 0.289. The fourth-order valence-corrected chi connectivity index (χ4v) is 6.24. The first-order valence-corrected chi connectivity index (χ1v) is 16.3. The highest BCUT2D eigenvalue weighted by molar-refractivity contribution is 5.92. The normalized spacial score (nSPS) is 15.2. The maximum absolute atomic E-state index is 5.56. The monoisotopic (exact) mass is 628 g/mol. The molecule has 3 aromatic carbocycles. The molecule has 9 rings (SSSR count). The molecule has 0 atom stereocenters. The van der Waals surface area contributed by atoms with E-state index in [2.05, 4.69) is 87.2 Å². The summed E-state index contributed by atoms with van der Waals surface area (Å²) < 4.78 is 16.5. The third kappa shape index (κ3) is 6.94. The number of rotatable bonds is 6. The SMILES string of the molecule is Cc1c(CC2=NCCN2)ccc2ccoc12.Cc1ccc2ccoc2c1CC1=NCCN1.c1cc(CC2=NCCN2)c2occc2c1. The van der Waals surface area contributed by atoms with Crippen LogP contribution in [0.3, 0.4) is 0 Å². The summed E-state index contributed by atoms with van der Waals surface area (Å²) in [5, 5.41) is 13.4. The standard InChI is InChI=1S/2C13H14N2O.C12H12N2O/c1-9-11(8-12-14-5-6-15-12)3-2-10-4-7-16-13(9)10;1-9-2-3-10-4-7-16-13(10)11(9)8-12-14-5-6-15-12;1-2-9-4-7-15-12(9)10(3-1)8-11-13-5-6-14-11/h2*2-4,7H,5-6,8H2,1H3,(H,14,15);1-4,7H,5-6,8H2,(H,13,14). The summed E-state index contributed by atoms with van der Waals surface area (Å²) >= 11 is 0. The highest BCUT2D eigenvalue weighted by atomic mass is 16.3. The number of fused-ring (bicyclic) bond motifs is 3. The van der Waals surface area contributed by atoms with Crippen LogP contribution >= 0.6 is 0 Å². The Hall–Kier alpha value is -5.31. The first-order chi connectivity index (χ1) is 23.1. The number of nitrogens with zero attached hydrogens (tertiary/aromatic N) is 3.